The third kappa shape index (κ3) is 2.52. The van der Waals surface area contributed by atoms with E-state index in [1.54, 1.807) is 54.6 Å². The number of hydrogen-bond acceptors (Lipinski definition) is 3. The lowest BCUT2D eigenvalue weighted by Crippen LogP contribution is -2.28. The van der Waals surface area contributed by atoms with E-state index in [9.17, 15) is 13.2 Å². The van der Waals surface area contributed by atoms with Crippen LogP contribution in [0, 0.1) is 6.92 Å². The van der Waals surface area contributed by atoms with Gasteiger partial charge in [0.2, 0.25) is 0 Å². The van der Waals surface area contributed by atoms with E-state index in [1.807, 2.05) is 6.92 Å². The van der Waals surface area contributed by atoms with Crippen molar-refractivity contribution in [2.24, 2.45) is 0 Å². The number of benzene rings is 3. The average molecular weight is 384 g/mol. The molecule has 0 aliphatic rings. The largest absolute Gasteiger partial charge is 0.272 e. The molecule has 0 spiro atoms. The third-order valence-corrected chi connectivity index (χ3v) is 6.31. The predicted molar refractivity (Wildman–Crippen MR) is 104 cm³/mol. The molecule has 0 unspecified atom stereocenters. The molecule has 0 atom stereocenters. The van der Waals surface area contributed by atoms with Crippen LogP contribution in [0.3, 0.4) is 0 Å². The Hall–Kier alpha value is -2.63. The summed E-state index contributed by atoms with van der Waals surface area (Å²) in [4.78, 5) is 13.1. The molecule has 4 nitrogen and oxygen atoms in total. The SMILES string of the molecule is Cc1ccc(S(=O)(=O)n2c(=O)c3ccccc3c3cc(Cl)ccc32)cc1. The summed E-state index contributed by atoms with van der Waals surface area (Å²) < 4.78 is 27.3. The van der Waals surface area contributed by atoms with Crippen LogP contribution < -0.4 is 5.56 Å². The Morgan fingerprint density at radius 3 is 2.19 bits per heavy atom. The summed E-state index contributed by atoms with van der Waals surface area (Å²) in [5.74, 6) is 0. The van der Waals surface area contributed by atoms with Gasteiger partial charge in [-0.2, -0.15) is 3.97 Å². The van der Waals surface area contributed by atoms with Crippen molar-refractivity contribution >= 4 is 43.3 Å². The van der Waals surface area contributed by atoms with E-state index >= 15 is 0 Å². The van der Waals surface area contributed by atoms with Gasteiger partial charge in [-0.05, 0) is 48.7 Å². The number of rotatable bonds is 2. The zero-order valence-electron chi connectivity index (χ0n) is 13.8. The monoisotopic (exact) mass is 383 g/mol. The summed E-state index contributed by atoms with van der Waals surface area (Å²) in [5, 5.41) is 2.09. The Bertz CT molecular complexity index is 1320. The zero-order valence-corrected chi connectivity index (χ0v) is 15.4. The number of fused-ring (bicyclic) bond motifs is 3. The second kappa shape index (κ2) is 5.97. The van der Waals surface area contributed by atoms with Crippen LogP contribution in [0.5, 0.6) is 0 Å². The number of aryl methyl sites for hydroxylation is 1. The van der Waals surface area contributed by atoms with Crippen LogP contribution in [0.1, 0.15) is 5.56 Å². The quantitative estimate of drug-likeness (QED) is 0.483. The summed E-state index contributed by atoms with van der Waals surface area (Å²) in [7, 11) is -4.06. The lowest BCUT2D eigenvalue weighted by molar-refractivity contribution is 0.587. The van der Waals surface area contributed by atoms with Gasteiger partial charge >= 0.3 is 0 Å². The summed E-state index contributed by atoms with van der Waals surface area (Å²) in [6, 6.07) is 18.2. The molecule has 0 aliphatic carbocycles. The van der Waals surface area contributed by atoms with Crippen molar-refractivity contribution in [3.63, 3.8) is 0 Å². The summed E-state index contributed by atoms with van der Waals surface area (Å²) in [5.41, 5.74) is 0.668. The van der Waals surface area contributed by atoms with Crippen molar-refractivity contribution < 1.29 is 8.42 Å². The van der Waals surface area contributed by atoms with Crippen LogP contribution in [-0.2, 0) is 10.0 Å². The van der Waals surface area contributed by atoms with Gasteiger partial charge in [0.05, 0.1) is 10.4 Å². The van der Waals surface area contributed by atoms with E-state index in [0.717, 1.165) is 9.54 Å². The van der Waals surface area contributed by atoms with E-state index < -0.39 is 15.6 Å². The van der Waals surface area contributed by atoms with Gasteiger partial charge in [0.15, 0.2) is 0 Å². The molecule has 1 heterocycles. The van der Waals surface area contributed by atoms with Crippen molar-refractivity contribution in [3.8, 4) is 0 Å². The Morgan fingerprint density at radius 1 is 0.846 bits per heavy atom. The summed E-state index contributed by atoms with van der Waals surface area (Å²) >= 11 is 6.12. The molecule has 4 rings (SSSR count). The van der Waals surface area contributed by atoms with Crippen LogP contribution >= 0.6 is 11.6 Å². The van der Waals surface area contributed by atoms with Crippen molar-refractivity contribution in [1.29, 1.82) is 0 Å². The van der Waals surface area contributed by atoms with Gasteiger partial charge in [-0.1, -0.05) is 47.5 Å². The summed E-state index contributed by atoms with van der Waals surface area (Å²) in [6.07, 6.45) is 0. The fraction of sp³-hybridized carbons (Fsp3) is 0.0500. The minimum Gasteiger partial charge on any atom is -0.268 e. The molecule has 0 fully saturated rings. The van der Waals surface area contributed by atoms with Crippen molar-refractivity contribution in [2.75, 3.05) is 0 Å². The molecule has 1 aromatic heterocycles. The van der Waals surface area contributed by atoms with E-state index in [4.69, 9.17) is 11.6 Å². The lowest BCUT2D eigenvalue weighted by atomic mass is 10.1. The fourth-order valence-corrected chi connectivity index (χ4v) is 4.68. The Labute approximate surface area is 155 Å². The highest BCUT2D eigenvalue weighted by atomic mass is 35.5. The maximum atomic E-state index is 13.2. The molecule has 0 saturated carbocycles. The topological polar surface area (TPSA) is 56.1 Å². The Balaban J connectivity index is 2.20. The molecule has 3 aromatic carbocycles. The minimum atomic E-state index is -4.06. The van der Waals surface area contributed by atoms with Gasteiger partial charge < -0.3 is 0 Å². The Morgan fingerprint density at radius 2 is 1.50 bits per heavy atom. The molecule has 26 heavy (non-hydrogen) atoms. The van der Waals surface area contributed by atoms with Crippen molar-refractivity contribution in [1.82, 2.24) is 3.97 Å². The standard InChI is InChI=1S/C20H14ClNO3S/c1-13-6-9-15(10-7-13)26(24,25)22-19-11-8-14(21)12-18(19)16-4-2-3-5-17(16)20(22)23/h2-12H,1H3. The molecule has 130 valence electrons. The van der Waals surface area contributed by atoms with E-state index in [1.165, 1.54) is 12.1 Å². The van der Waals surface area contributed by atoms with Gasteiger partial charge in [-0.3, -0.25) is 4.79 Å². The normalized spacial score (nSPS) is 11.9. The molecule has 0 saturated heterocycles. The van der Waals surface area contributed by atoms with Gasteiger partial charge in [-0.15, -0.1) is 0 Å². The van der Waals surface area contributed by atoms with E-state index in [2.05, 4.69) is 0 Å². The molecule has 0 amide bonds. The van der Waals surface area contributed by atoms with Gasteiger partial charge in [0.1, 0.15) is 0 Å². The fourth-order valence-electron chi connectivity index (χ4n) is 3.08. The molecule has 4 aromatic rings. The highest BCUT2D eigenvalue weighted by Crippen LogP contribution is 2.28. The molecule has 0 bridgehead atoms. The number of nitrogens with zero attached hydrogens (tertiary/aromatic N) is 1. The van der Waals surface area contributed by atoms with Gasteiger partial charge in [0, 0.05) is 15.8 Å². The first kappa shape index (κ1) is 16.8. The van der Waals surface area contributed by atoms with Crippen LogP contribution in [0.15, 0.2) is 76.4 Å². The van der Waals surface area contributed by atoms with Crippen molar-refractivity contribution in [3.05, 3.63) is 87.7 Å². The van der Waals surface area contributed by atoms with Crippen LogP contribution in [0.2, 0.25) is 5.02 Å². The predicted octanol–water partition coefficient (Wildman–Crippen LogP) is 4.35. The van der Waals surface area contributed by atoms with Gasteiger partial charge in [-0.25, -0.2) is 8.42 Å². The smallest absolute Gasteiger partial charge is 0.268 e. The van der Waals surface area contributed by atoms with E-state index in [-0.39, 0.29) is 4.90 Å². The van der Waals surface area contributed by atoms with Crippen molar-refractivity contribution in [2.45, 2.75) is 11.8 Å². The molecular weight excluding hydrogens is 370 g/mol. The maximum Gasteiger partial charge on any atom is 0.272 e. The molecule has 6 heteroatoms. The minimum absolute atomic E-state index is 0.0664. The second-order valence-electron chi connectivity index (χ2n) is 6.09. The summed E-state index contributed by atoms with van der Waals surface area (Å²) in [6.45, 7) is 1.87. The highest BCUT2D eigenvalue weighted by molar-refractivity contribution is 7.90. The van der Waals surface area contributed by atoms with Crippen LogP contribution in [0.25, 0.3) is 21.7 Å². The highest BCUT2D eigenvalue weighted by Gasteiger charge is 2.23. The van der Waals surface area contributed by atoms with Crippen LogP contribution in [0.4, 0.5) is 0 Å². The third-order valence-electron chi connectivity index (χ3n) is 4.37. The number of hydrogen-bond donors (Lipinski definition) is 0. The number of pyridine rings is 1. The zero-order chi connectivity index (χ0) is 18.5. The second-order valence-corrected chi connectivity index (χ2v) is 8.32. The lowest BCUT2D eigenvalue weighted by Gasteiger charge is -2.14. The number of aromatic nitrogens is 1. The van der Waals surface area contributed by atoms with E-state index in [0.29, 0.717) is 26.7 Å². The average Bonchev–Trinajstić information content (AvgIpc) is 2.63. The Kier molecular flexibility index (Phi) is 3.86. The van der Waals surface area contributed by atoms with Crippen LogP contribution in [-0.4, -0.2) is 12.4 Å². The first-order valence-electron chi connectivity index (χ1n) is 7.95. The first-order valence-corrected chi connectivity index (χ1v) is 9.77. The molecule has 0 N–H and O–H groups in total. The first-order chi connectivity index (χ1) is 12.4. The molecule has 0 aliphatic heterocycles. The van der Waals surface area contributed by atoms with Gasteiger partial charge in [0.25, 0.3) is 15.6 Å². The maximum absolute atomic E-state index is 13.2. The molecule has 0 radical (unpaired) electrons. The number of halogens is 1. The molecular formula is C20H14ClNO3S.